The highest BCUT2D eigenvalue weighted by Gasteiger charge is 2.26. The summed E-state index contributed by atoms with van der Waals surface area (Å²) >= 11 is 0. The smallest absolute Gasteiger partial charge is 0.205 e. The van der Waals surface area contributed by atoms with Crippen LogP contribution in [0.1, 0.15) is 18.9 Å². The number of nitrogens with zero attached hydrogens (tertiary/aromatic N) is 1. The fraction of sp³-hybridized carbons (Fsp3) is 0.300. The van der Waals surface area contributed by atoms with Gasteiger partial charge in [-0.05, 0) is 6.42 Å². The Balaban J connectivity index is 3.40. The van der Waals surface area contributed by atoms with Gasteiger partial charge >= 0.3 is 0 Å². The largest absolute Gasteiger partial charge is 0.489 e. The van der Waals surface area contributed by atoms with E-state index in [0.29, 0.717) is 6.42 Å². The molecule has 0 spiro atoms. The molecule has 0 heterocycles. The Hall–Kier alpha value is -1.77. The van der Waals surface area contributed by atoms with E-state index in [1.54, 1.807) is 6.92 Å². The lowest BCUT2D eigenvalue weighted by molar-refractivity contribution is 0.285. The van der Waals surface area contributed by atoms with Gasteiger partial charge < -0.3 is 4.74 Å². The molecule has 1 aromatic rings. The van der Waals surface area contributed by atoms with E-state index in [1.807, 2.05) is 0 Å². The Bertz CT molecular complexity index is 453. The topological polar surface area (TPSA) is 33.0 Å². The van der Waals surface area contributed by atoms with Crippen LogP contribution < -0.4 is 4.74 Å². The first kappa shape index (κ1) is 12.3. The number of nitriles is 1. The Kier molecular flexibility index (Phi) is 3.72. The molecule has 16 heavy (non-hydrogen) atoms. The third kappa shape index (κ3) is 1.94. The Morgan fingerprint density at radius 2 is 1.62 bits per heavy atom. The van der Waals surface area contributed by atoms with Crippen LogP contribution >= 0.6 is 0 Å². The lowest BCUT2D eigenvalue weighted by Gasteiger charge is -2.09. The maximum Gasteiger partial charge on any atom is 0.205 e. The minimum absolute atomic E-state index is 0.0316. The van der Waals surface area contributed by atoms with Crippen molar-refractivity contribution in [3.63, 3.8) is 0 Å². The second-order valence-electron chi connectivity index (χ2n) is 2.92. The van der Waals surface area contributed by atoms with E-state index in [1.165, 1.54) is 6.07 Å². The van der Waals surface area contributed by atoms with Crippen molar-refractivity contribution in [3.8, 4) is 11.8 Å². The predicted molar refractivity (Wildman–Crippen MR) is 46.8 cm³/mol. The molecule has 2 nitrogen and oxygen atoms in total. The quantitative estimate of drug-likeness (QED) is 0.457. The van der Waals surface area contributed by atoms with Crippen molar-refractivity contribution in [2.75, 3.05) is 6.61 Å². The summed E-state index contributed by atoms with van der Waals surface area (Å²) < 4.78 is 56.4. The summed E-state index contributed by atoms with van der Waals surface area (Å²) in [6.45, 7) is 1.65. The SMILES string of the molecule is CCCOc1c(F)c(F)c(F)c(F)c1C#N. The van der Waals surface area contributed by atoms with Gasteiger partial charge in [-0.1, -0.05) is 6.92 Å². The summed E-state index contributed by atoms with van der Waals surface area (Å²) in [4.78, 5) is 0. The fourth-order valence-corrected chi connectivity index (χ4v) is 1.05. The molecule has 6 heteroatoms. The van der Waals surface area contributed by atoms with Crippen LogP contribution in [0.25, 0.3) is 0 Å². The van der Waals surface area contributed by atoms with Gasteiger partial charge in [-0.2, -0.15) is 9.65 Å². The molecule has 1 rings (SSSR count). The number of halogens is 4. The zero-order valence-electron chi connectivity index (χ0n) is 8.28. The number of rotatable bonds is 3. The summed E-state index contributed by atoms with van der Waals surface area (Å²) in [6, 6.07) is 1.23. The summed E-state index contributed by atoms with van der Waals surface area (Å²) in [5.41, 5.74) is -0.968. The number of hydrogen-bond acceptors (Lipinski definition) is 2. The summed E-state index contributed by atoms with van der Waals surface area (Å²) in [5.74, 6) is -8.32. The third-order valence-electron chi connectivity index (χ3n) is 1.79. The van der Waals surface area contributed by atoms with Gasteiger partial charge in [0.2, 0.25) is 11.6 Å². The molecule has 0 amide bonds. The summed E-state index contributed by atoms with van der Waals surface area (Å²) in [6.07, 6.45) is 0.449. The highest BCUT2D eigenvalue weighted by atomic mass is 19.2. The van der Waals surface area contributed by atoms with Crippen LogP contribution in [0.5, 0.6) is 5.75 Å². The molecule has 0 radical (unpaired) electrons. The summed E-state index contributed by atoms with van der Waals surface area (Å²) in [7, 11) is 0. The number of benzene rings is 1. The molecule has 0 bridgehead atoms. The zero-order chi connectivity index (χ0) is 12.3. The van der Waals surface area contributed by atoms with E-state index in [4.69, 9.17) is 5.26 Å². The van der Waals surface area contributed by atoms with Gasteiger partial charge in [0.25, 0.3) is 0 Å². The first-order valence-electron chi connectivity index (χ1n) is 4.43. The van der Waals surface area contributed by atoms with Crippen molar-refractivity contribution < 1.29 is 22.3 Å². The average Bonchev–Trinajstić information content (AvgIpc) is 2.29. The Morgan fingerprint density at radius 1 is 1.06 bits per heavy atom. The third-order valence-corrected chi connectivity index (χ3v) is 1.79. The Labute approximate surface area is 89.1 Å². The number of hydrogen-bond donors (Lipinski definition) is 0. The van der Waals surface area contributed by atoms with Gasteiger partial charge in [-0.15, -0.1) is 0 Å². The molecular weight excluding hydrogens is 226 g/mol. The van der Waals surface area contributed by atoms with Gasteiger partial charge in [0.05, 0.1) is 6.61 Å². The van der Waals surface area contributed by atoms with Crippen LogP contribution in [0.15, 0.2) is 0 Å². The van der Waals surface area contributed by atoms with E-state index in [2.05, 4.69) is 4.74 Å². The van der Waals surface area contributed by atoms with Crippen molar-refractivity contribution in [2.45, 2.75) is 13.3 Å². The van der Waals surface area contributed by atoms with Crippen molar-refractivity contribution >= 4 is 0 Å². The van der Waals surface area contributed by atoms with Crippen LogP contribution in [0.4, 0.5) is 17.6 Å². The molecule has 0 aliphatic carbocycles. The average molecular weight is 233 g/mol. The van der Waals surface area contributed by atoms with E-state index in [-0.39, 0.29) is 6.61 Å². The van der Waals surface area contributed by atoms with E-state index >= 15 is 0 Å². The van der Waals surface area contributed by atoms with E-state index in [9.17, 15) is 17.6 Å². The lowest BCUT2D eigenvalue weighted by Crippen LogP contribution is -2.07. The van der Waals surface area contributed by atoms with Gasteiger partial charge in [0, 0.05) is 0 Å². The Morgan fingerprint density at radius 3 is 2.12 bits per heavy atom. The first-order chi connectivity index (χ1) is 7.54. The van der Waals surface area contributed by atoms with E-state index in [0.717, 1.165) is 0 Å². The molecule has 0 atom stereocenters. The van der Waals surface area contributed by atoms with Crippen molar-refractivity contribution in [3.05, 3.63) is 28.8 Å². The molecule has 1 aromatic carbocycles. The molecule has 0 aliphatic heterocycles. The monoisotopic (exact) mass is 233 g/mol. The maximum atomic E-state index is 13.2. The molecular formula is C10H7F4NO. The lowest BCUT2D eigenvalue weighted by atomic mass is 10.2. The highest BCUT2D eigenvalue weighted by molar-refractivity contribution is 5.46. The minimum Gasteiger partial charge on any atom is -0.489 e. The van der Waals surface area contributed by atoms with Crippen LogP contribution in [0, 0.1) is 34.6 Å². The molecule has 86 valence electrons. The van der Waals surface area contributed by atoms with Gasteiger partial charge in [-0.3, -0.25) is 0 Å². The second kappa shape index (κ2) is 4.84. The zero-order valence-corrected chi connectivity index (χ0v) is 8.28. The first-order valence-corrected chi connectivity index (χ1v) is 4.43. The minimum atomic E-state index is -2.02. The van der Waals surface area contributed by atoms with Crippen LogP contribution in [0.3, 0.4) is 0 Å². The van der Waals surface area contributed by atoms with Crippen molar-refractivity contribution in [1.82, 2.24) is 0 Å². The molecule has 0 N–H and O–H groups in total. The van der Waals surface area contributed by atoms with Crippen molar-refractivity contribution in [1.29, 1.82) is 5.26 Å². The van der Waals surface area contributed by atoms with Crippen LogP contribution in [-0.4, -0.2) is 6.61 Å². The molecule has 0 saturated carbocycles. The highest BCUT2D eigenvalue weighted by Crippen LogP contribution is 2.29. The molecule has 0 aliphatic rings. The predicted octanol–water partition coefficient (Wildman–Crippen LogP) is 2.90. The van der Waals surface area contributed by atoms with Gasteiger partial charge in [-0.25, -0.2) is 13.2 Å². The number of ether oxygens (including phenoxy) is 1. The van der Waals surface area contributed by atoms with E-state index < -0.39 is 34.6 Å². The van der Waals surface area contributed by atoms with Crippen LogP contribution in [-0.2, 0) is 0 Å². The van der Waals surface area contributed by atoms with Gasteiger partial charge in [0.1, 0.15) is 11.6 Å². The molecule has 0 aromatic heterocycles. The normalized spacial score (nSPS) is 10.0. The van der Waals surface area contributed by atoms with Crippen LogP contribution in [0.2, 0.25) is 0 Å². The molecule has 0 fully saturated rings. The standard InChI is InChI=1S/C10H7F4NO/c1-2-3-16-10-5(4-15)6(11)7(12)8(13)9(10)14/h2-3H2,1H3. The summed E-state index contributed by atoms with van der Waals surface area (Å²) in [5, 5.41) is 8.51. The molecule has 0 unspecified atom stereocenters. The molecule has 0 saturated heterocycles. The maximum absolute atomic E-state index is 13.2. The van der Waals surface area contributed by atoms with Gasteiger partial charge in [0.15, 0.2) is 17.4 Å². The fourth-order valence-electron chi connectivity index (χ4n) is 1.05. The second-order valence-corrected chi connectivity index (χ2v) is 2.92. The van der Waals surface area contributed by atoms with Crippen molar-refractivity contribution in [2.24, 2.45) is 0 Å².